The van der Waals surface area contributed by atoms with E-state index in [1.54, 1.807) is 7.11 Å². The van der Waals surface area contributed by atoms with Crippen molar-refractivity contribution in [3.05, 3.63) is 23.8 Å². The number of rotatable bonds is 4. The van der Waals surface area contributed by atoms with E-state index in [-0.39, 0.29) is 5.84 Å². The van der Waals surface area contributed by atoms with Gasteiger partial charge in [-0.2, -0.15) is 0 Å². The Morgan fingerprint density at radius 3 is 2.57 bits per heavy atom. The third kappa shape index (κ3) is 3.40. The largest absolute Gasteiger partial charge is 0.497 e. The van der Waals surface area contributed by atoms with Gasteiger partial charge in [-0.25, -0.2) is 0 Å². The van der Waals surface area contributed by atoms with Gasteiger partial charge < -0.3 is 20.6 Å². The maximum atomic E-state index is 8.98. The second kappa shape index (κ2) is 6.70. The van der Waals surface area contributed by atoms with E-state index in [2.05, 4.69) is 24.0 Å². The fraction of sp³-hybridized carbons (Fsp3) is 0.562. The van der Waals surface area contributed by atoms with Crippen LogP contribution in [0.1, 0.15) is 38.2 Å². The zero-order valence-electron chi connectivity index (χ0n) is 13.0. The highest BCUT2D eigenvalue weighted by molar-refractivity contribution is 6.02. The fourth-order valence-electron chi connectivity index (χ4n) is 3.03. The molecule has 21 heavy (non-hydrogen) atoms. The first kappa shape index (κ1) is 15.5. The second-order valence-corrected chi connectivity index (χ2v) is 5.89. The van der Waals surface area contributed by atoms with Crippen LogP contribution in [0.15, 0.2) is 23.4 Å². The average Bonchev–Trinajstić information content (AvgIpc) is 2.53. The van der Waals surface area contributed by atoms with Crippen LogP contribution in [0, 0.1) is 5.92 Å². The molecule has 3 N–H and O–H groups in total. The SMILES string of the molecule is COc1ccc(/C(N)=N/O)c(N(C)C2CCC(C)CC2)c1. The number of hydrogen-bond acceptors (Lipinski definition) is 4. The van der Waals surface area contributed by atoms with E-state index >= 15 is 0 Å². The van der Waals surface area contributed by atoms with Gasteiger partial charge >= 0.3 is 0 Å². The smallest absolute Gasteiger partial charge is 0.172 e. The number of amidine groups is 1. The summed E-state index contributed by atoms with van der Waals surface area (Å²) in [7, 11) is 3.72. The van der Waals surface area contributed by atoms with Gasteiger partial charge in [0.25, 0.3) is 0 Å². The summed E-state index contributed by atoms with van der Waals surface area (Å²) in [6.45, 7) is 2.31. The molecule has 116 valence electrons. The maximum absolute atomic E-state index is 8.98. The summed E-state index contributed by atoms with van der Waals surface area (Å²) in [5, 5.41) is 12.1. The van der Waals surface area contributed by atoms with E-state index in [0.717, 1.165) is 22.9 Å². The van der Waals surface area contributed by atoms with Gasteiger partial charge in [0.15, 0.2) is 5.84 Å². The van der Waals surface area contributed by atoms with E-state index in [0.29, 0.717) is 6.04 Å². The van der Waals surface area contributed by atoms with Gasteiger partial charge in [-0.1, -0.05) is 12.1 Å². The summed E-state index contributed by atoms with van der Waals surface area (Å²) in [6, 6.07) is 6.10. The van der Waals surface area contributed by atoms with Crippen LogP contribution in [0.5, 0.6) is 5.75 Å². The number of methoxy groups -OCH3 is 1. The van der Waals surface area contributed by atoms with Crippen molar-refractivity contribution in [3.8, 4) is 5.75 Å². The third-order valence-electron chi connectivity index (χ3n) is 4.50. The molecular formula is C16H25N3O2. The zero-order valence-corrected chi connectivity index (χ0v) is 13.0. The van der Waals surface area contributed by atoms with Gasteiger partial charge in [-0.3, -0.25) is 0 Å². The number of ether oxygens (including phenoxy) is 1. The van der Waals surface area contributed by atoms with Crippen molar-refractivity contribution in [2.75, 3.05) is 19.1 Å². The van der Waals surface area contributed by atoms with Crippen molar-refractivity contribution in [1.82, 2.24) is 0 Å². The normalized spacial score (nSPS) is 22.9. The molecule has 0 spiro atoms. The van der Waals surface area contributed by atoms with Crippen molar-refractivity contribution in [2.24, 2.45) is 16.8 Å². The van der Waals surface area contributed by atoms with Gasteiger partial charge in [0.05, 0.1) is 12.8 Å². The minimum absolute atomic E-state index is 0.128. The fourth-order valence-corrected chi connectivity index (χ4v) is 3.03. The van der Waals surface area contributed by atoms with Crippen molar-refractivity contribution in [1.29, 1.82) is 0 Å². The minimum Gasteiger partial charge on any atom is -0.497 e. The Morgan fingerprint density at radius 1 is 1.33 bits per heavy atom. The molecule has 0 unspecified atom stereocenters. The predicted octanol–water partition coefficient (Wildman–Crippen LogP) is 2.80. The molecule has 1 fully saturated rings. The zero-order chi connectivity index (χ0) is 15.4. The van der Waals surface area contributed by atoms with E-state index in [1.165, 1.54) is 25.7 Å². The van der Waals surface area contributed by atoms with Crippen LogP contribution in [0.25, 0.3) is 0 Å². The molecule has 0 heterocycles. The summed E-state index contributed by atoms with van der Waals surface area (Å²) in [5.74, 6) is 1.71. The first-order valence-electron chi connectivity index (χ1n) is 7.45. The number of nitrogens with two attached hydrogens (primary N) is 1. The molecule has 5 heteroatoms. The molecule has 1 aromatic rings. The van der Waals surface area contributed by atoms with Gasteiger partial charge in [0, 0.05) is 24.7 Å². The third-order valence-corrected chi connectivity index (χ3v) is 4.50. The Bertz CT molecular complexity index is 508. The van der Waals surface area contributed by atoms with Gasteiger partial charge in [-0.05, 0) is 43.7 Å². The summed E-state index contributed by atoms with van der Waals surface area (Å²) in [5.41, 5.74) is 7.49. The molecule has 0 radical (unpaired) electrons. The molecule has 5 nitrogen and oxygen atoms in total. The molecular weight excluding hydrogens is 266 g/mol. The standard InChI is InChI=1S/C16H25N3O2/c1-11-4-6-12(7-5-11)19(2)15-10-13(21-3)8-9-14(15)16(17)18-20/h8-12,20H,4-7H2,1-3H3,(H2,17,18). The van der Waals surface area contributed by atoms with Gasteiger partial charge in [0.2, 0.25) is 0 Å². The van der Waals surface area contributed by atoms with E-state index < -0.39 is 0 Å². The molecule has 0 amide bonds. The van der Waals surface area contributed by atoms with Gasteiger partial charge in [0.1, 0.15) is 5.75 Å². The maximum Gasteiger partial charge on any atom is 0.172 e. The van der Waals surface area contributed by atoms with Crippen molar-refractivity contribution in [2.45, 2.75) is 38.6 Å². The number of anilines is 1. The van der Waals surface area contributed by atoms with Crippen LogP contribution >= 0.6 is 0 Å². The average molecular weight is 291 g/mol. The van der Waals surface area contributed by atoms with Crippen molar-refractivity contribution in [3.63, 3.8) is 0 Å². The topological polar surface area (TPSA) is 71.1 Å². The lowest BCUT2D eigenvalue weighted by molar-refractivity contribution is 0.318. The second-order valence-electron chi connectivity index (χ2n) is 5.89. The quantitative estimate of drug-likeness (QED) is 0.387. The molecule has 0 aliphatic heterocycles. The minimum atomic E-state index is 0.128. The Balaban J connectivity index is 2.31. The lowest BCUT2D eigenvalue weighted by Crippen LogP contribution is -2.36. The first-order valence-corrected chi connectivity index (χ1v) is 7.45. The summed E-state index contributed by atoms with van der Waals surface area (Å²) < 4.78 is 5.31. The van der Waals surface area contributed by atoms with Crippen molar-refractivity contribution >= 4 is 11.5 Å². The Hall–Kier alpha value is -1.91. The first-order chi connectivity index (χ1) is 10.1. The highest BCUT2D eigenvalue weighted by atomic mass is 16.5. The molecule has 0 saturated heterocycles. The molecule has 0 bridgehead atoms. The van der Waals surface area contributed by atoms with E-state index in [1.807, 2.05) is 18.2 Å². The summed E-state index contributed by atoms with van der Waals surface area (Å²) >= 11 is 0. The molecule has 1 saturated carbocycles. The number of oxime groups is 1. The molecule has 1 aliphatic rings. The lowest BCUT2D eigenvalue weighted by atomic mass is 9.86. The molecule has 1 aromatic carbocycles. The number of benzene rings is 1. The monoisotopic (exact) mass is 291 g/mol. The number of nitrogens with zero attached hydrogens (tertiary/aromatic N) is 2. The Kier molecular flexibility index (Phi) is 4.94. The highest BCUT2D eigenvalue weighted by Crippen LogP contribution is 2.32. The molecule has 1 aliphatic carbocycles. The lowest BCUT2D eigenvalue weighted by Gasteiger charge is -2.36. The van der Waals surface area contributed by atoms with Gasteiger partial charge in [-0.15, -0.1) is 0 Å². The van der Waals surface area contributed by atoms with E-state index in [4.69, 9.17) is 15.7 Å². The molecule has 0 aromatic heterocycles. The van der Waals surface area contributed by atoms with Crippen LogP contribution in [-0.2, 0) is 0 Å². The Labute approximate surface area is 126 Å². The Morgan fingerprint density at radius 2 is 2.00 bits per heavy atom. The van der Waals surface area contributed by atoms with Crippen LogP contribution in [-0.4, -0.2) is 31.2 Å². The predicted molar refractivity (Wildman–Crippen MR) is 85.3 cm³/mol. The van der Waals surface area contributed by atoms with E-state index in [9.17, 15) is 0 Å². The van der Waals surface area contributed by atoms with Crippen LogP contribution in [0.3, 0.4) is 0 Å². The van der Waals surface area contributed by atoms with Crippen LogP contribution in [0.4, 0.5) is 5.69 Å². The van der Waals surface area contributed by atoms with Crippen LogP contribution < -0.4 is 15.4 Å². The molecule has 2 rings (SSSR count). The number of hydrogen-bond donors (Lipinski definition) is 2. The van der Waals surface area contributed by atoms with Crippen molar-refractivity contribution < 1.29 is 9.94 Å². The summed E-state index contributed by atoms with van der Waals surface area (Å²) in [4.78, 5) is 2.24. The summed E-state index contributed by atoms with van der Waals surface area (Å²) in [6.07, 6.45) is 4.84. The molecule has 0 atom stereocenters. The highest BCUT2D eigenvalue weighted by Gasteiger charge is 2.24. The van der Waals surface area contributed by atoms with Crippen LogP contribution in [0.2, 0.25) is 0 Å².